The van der Waals surface area contributed by atoms with E-state index in [-0.39, 0.29) is 11.8 Å². The molecule has 0 saturated heterocycles. The van der Waals surface area contributed by atoms with E-state index in [0.717, 1.165) is 35.8 Å². The van der Waals surface area contributed by atoms with Crippen molar-refractivity contribution in [2.75, 3.05) is 44.1 Å². The molecule has 8 heteroatoms. The van der Waals surface area contributed by atoms with Crippen LogP contribution in [0.5, 0.6) is 0 Å². The fraction of sp³-hybridized carbons (Fsp3) is 0.500. The van der Waals surface area contributed by atoms with Gasteiger partial charge >= 0.3 is 0 Å². The summed E-state index contributed by atoms with van der Waals surface area (Å²) in [5.41, 5.74) is 1.14. The number of carbonyl (C=O) groups excluding carboxylic acids is 1. The zero-order chi connectivity index (χ0) is 20.1. The van der Waals surface area contributed by atoms with Crippen LogP contribution < -0.4 is 10.6 Å². The maximum absolute atomic E-state index is 12.0. The minimum atomic E-state index is 0.119. The van der Waals surface area contributed by atoms with E-state index in [4.69, 9.17) is 0 Å². The summed E-state index contributed by atoms with van der Waals surface area (Å²) >= 11 is 1.63. The summed E-state index contributed by atoms with van der Waals surface area (Å²) in [6.07, 6.45) is 8.47. The average molecular weight is 401 g/mol. The predicted molar refractivity (Wildman–Crippen MR) is 114 cm³/mol. The molecule has 0 aromatic carbocycles. The van der Waals surface area contributed by atoms with Gasteiger partial charge in [0.05, 0.1) is 0 Å². The Kier molecular flexibility index (Phi) is 6.72. The van der Waals surface area contributed by atoms with E-state index in [1.165, 1.54) is 0 Å². The van der Waals surface area contributed by atoms with E-state index in [2.05, 4.69) is 38.6 Å². The molecule has 1 fully saturated rings. The Morgan fingerprint density at radius 2 is 1.89 bits per heavy atom. The van der Waals surface area contributed by atoms with Gasteiger partial charge in [0, 0.05) is 56.6 Å². The molecule has 0 aliphatic heterocycles. The van der Waals surface area contributed by atoms with Crippen molar-refractivity contribution in [2.45, 2.75) is 24.2 Å². The number of aromatic nitrogens is 3. The lowest BCUT2D eigenvalue weighted by molar-refractivity contribution is -0.130. The van der Waals surface area contributed by atoms with Crippen molar-refractivity contribution in [3.8, 4) is 0 Å². The van der Waals surface area contributed by atoms with Crippen molar-refractivity contribution in [1.82, 2.24) is 19.9 Å². The summed E-state index contributed by atoms with van der Waals surface area (Å²) in [5, 5.41) is 6.63. The monoisotopic (exact) mass is 400 g/mol. The van der Waals surface area contributed by atoms with Gasteiger partial charge in [0.1, 0.15) is 5.82 Å². The van der Waals surface area contributed by atoms with Crippen molar-refractivity contribution >= 4 is 29.4 Å². The molecule has 1 saturated carbocycles. The highest BCUT2D eigenvalue weighted by Gasteiger charge is 2.44. The second kappa shape index (κ2) is 9.23. The summed E-state index contributed by atoms with van der Waals surface area (Å²) in [7, 11) is 3.62. The number of nitrogens with one attached hydrogen (secondary N) is 2. The molecule has 0 bridgehead atoms. The van der Waals surface area contributed by atoms with Crippen LogP contribution in [0.2, 0.25) is 0 Å². The number of nitrogens with zero attached hydrogens (tertiary/aromatic N) is 4. The molecule has 1 amide bonds. The van der Waals surface area contributed by atoms with Crippen LogP contribution in [0.1, 0.15) is 24.8 Å². The second-order valence-electron chi connectivity index (χ2n) is 7.47. The first-order valence-corrected chi connectivity index (χ1v) is 10.7. The normalized spacial score (nSPS) is 19.0. The molecule has 3 atom stereocenters. The maximum atomic E-state index is 12.0. The number of rotatable bonds is 9. The molecule has 2 heterocycles. The molecule has 1 aliphatic rings. The van der Waals surface area contributed by atoms with E-state index in [1.54, 1.807) is 16.7 Å². The maximum Gasteiger partial charge on any atom is 0.225 e. The Balaban J connectivity index is 1.41. The topological polar surface area (TPSA) is 83.0 Å². The zero-order valence-corrected chi connectivity index (χ0v) is 17.7. The molecule has 150 valence electrons. The van der Waals surface area contributed by atoms with Gasteiger partial charge in [0.15, 0.2) is 0 Å². The van der Waals surface area contributed by atoms with Crippen molar-refractivity contribution in [3.63, 3.8) is 0 Å². The largest absolute Gasteiger partial charge is 0.370 e. The number of thioether (sulfide) groups is 1. The standard InChI is InChI=1S/C20H28N6OS/c1-13(9-23-20-24-11-15(28-4)12-25-20)8-21-18-6-5-14(10-22-18)16-7-17(16)19(27)26(2)3/h5-6,10-13,16-17H,7-9H2,1-4H3,(H,21,22)(H,23,24,25)/t13?,16-,17+/m1/s1. The minimum Gasteiger partial charge on any atom is -0.370 e. The second-order valence-corrected chi connectivity index (χ2v) is 8.35. The molecule has 2 aromatic heterocycles. The Bertz CT molecular complexity index is 780. The number of pyridine rings is 1. The zero-order valence-electron chi connectivity index (χ0n) is 16.8. The smallest absolute Gasteiger partial charge is 0.225 e. The van der Waals surface area contributed by atoms with E-state index < -0.39 is 0 Å². The highest BCUT2D eigenvalue weighted by atomic mass is 32.2. The first kappa shape index (κ1) is 20.4. The van der Waals surface area contributed by atoms with Gasteiger partial charge in [0.2, 0.25) is 11.9 Å². The lowest BCUT2D eigenvalue weighted by atomic mass is 10.1. The molecule has 0 radical (unpaired) electrons. The van der Waals surface area contributed by atoms with Crippen molar-refractivity contribution in [3.05, 3.63) is 36.3 Å². The van der Waals surface area contributed by atoms with Crippen LogP contribution in [0, 0.1) is 11.8 Å². The van der Waals surface area contributed by atoms with E-state index in [9.17, 15) is 4.79 Å². The van der Waals surface area contributed by atoms with Gasteiger partial charge < -0.3 is 15.5 Å². The third-order valence-electron chi connectivity index (χ3n) is 4.87. The molecule has 1 aliphatic carbocycles. The Labute approximate surface area is 170 Å². The highest BCUT2D eigenvalue weighted by Crippen LogP contribution is 2.48. The molecule has 1 unspecified atom stereocenters. The summed E-state index contributed by atoms with van der Waals surface area (Å²) in [4.78, 5) is 27.8. The third-order valence-corrected chi connectivity index (χ3v) is 5.55. The number of amides is 1. The van der Waals surface area contributed by atoms with Crippen LogP contribution in [0.3, 0.4) is 0 Å². The average Bonchev–Trinajstić information content (AvgIpc) is 3.51. The van der Waals surface area contributed by atoms with E-state index >= 15 is 0 Å². The molecule has 7 nitrogen and oxygen atoms in total. The van der Waals surface area contributed by atoms with Gasteiger partial charge in [-0.2, -0.15) is 0 Å². The fourth-order valence-electron chi connectivity index (χ4n) is 3.03. The molecule has 3 rings (SSSR count). The lowest BCUT2D eigenvalue weighted by Crippen LogP contribution is -2.23. The van der Waals surface area contributed by atoms with E-state index in [1.807, 2.05) is 45.0 Å². The van der Waals surface area contributed by atoms with Gasteiger partial charge in [-0.05, 0) is 36.1 Å². The molecular formula is C20H28N6OS. The molecule has 28 heavy (non-hydrogen) atoms. The SMILES string of the molecule is CSc1cnc(NCC(C)CNc2ccc([C@H]3C[C@@H]3C(=O)N(C)C)cn2)nc1. The summed E-state index contributed by atoms with van der Waals surface area (Å²) in [5.74, 6) is 2.54. The van der Waals surface area contributed by atoms with Crippen LogP contribution in [0.15, 0.2) is 35.6 Å². The molecule has 2 aromatic rings. The van der Waals surface area contributed by atoms with Crippen molar-refractivity contribution in [1.29, 1.82) is 0 Å². The van der Waals surface area contributed by atoms with E-state index in [0.29, 0.717) is 17.8 Å². The first-order valence-electron chi connectivity index (χ1n) is 9.48. The van der Waals surface area contributed by atoms with Crippen LogP contribution in [0.4, 0.5) is 11.8 Å². The van der Waals surface area contributed by atoms with Crippen LogP contribution in [-0.2, 0) is 4.79 Å². The number of hydrogen-bond acceptors (Lipinski definition) is 7. The van der Waals surface area contributed by atoms with Crippen molar-refractivity contribution in [2.24, 2.45) is 11.8 Å². The molecule has 0 spiro atoms. The van der Waals surface area contributed by atoms with Gasteiger partial charge in [-0.15, -0.1) is 11.8 Å². The van der Waals surface area contributed by atoms with Crippen LogP contribution in [0.25, 0.3) is 0 Å². The van der Waals surface area contributed by atoms with Gasteiger partial charge in [-0.1, -0.05) is 13.0 Å². The Hall–Kier alpha value is -2.35. The summed E-state index contributed by atoms with van der Waals surface area (Å²) in [6, 6.07) is 4.07. The number of carbonyl (C=O) groups is 1. The fourth-order valence-corrected chi connectivity index (χ4v) is 3.34. The summed E-state index contributed by atoms with van der Waals surface area (Å²) < 4.78 is 0. The summed E-state index contributed by atoms with van der Waals surface area (Å²) in [6.45, 7) is 3.74. The Morgan fingerprint density at radius 3 is 2.50 bits per heavy atom. The van der Waals surface area contributed by atoms with Gasteiger partial charge in [0.25, 0.3) is 0 Å². The minimum absolute atomic E-state index is 0.119. The van der Waals surface area contributed by atoms with Crippen LogP contribution >= 0.6 is 11.8 Å². The van der Waals surface area contributed by atoms with Gasteiger partial charge in [-0.3, -0.25) is 4.79 Å². The van der Waals surface area contributed by atoms with Gasteiger partial charge in [-0.25, -0.2) is 15.0 Å². The number of hydrogen-bond donors (Lipinski definition) is 2. The number of anilines is 2. The predicted octanol–water partition coefficient (Wildman–Crippen LogP) is 2.95. The lowest BCUT2D eigenvalue weighted by Gasteiger charge is -2.14. The Morgan fingerprint density at radius 1 is 1.18 bits per heavy atom. The molecular weight excluding hydrogens is 372 g/mol. The third kappa shape index (κ3) is 5.34. The molecule has 2 N–H and O–H groups in total. The van der Waals surface area contributed by atoms with Crippen LogP contribution in [-0.4, -0.2) is 59.2 Å². The van der Waals surface area contributed by atoms with Crippen molar-refractivity contribution < 1.29 is 4.79 Å². The quantitative estimate of drug-likeness (QED) is 0.626. The highest BCUT2D eigenvalue weighted by molar-refractivity contribution is 7.98. The first-order chi connectivity index (χ1) is 13.5.